The van der Waals surface area contributed by atoms with E-state index < -0.39 is 17.9 Å². The molecule has 0 saturated carbocycles. The van der Waals surface area contributed by atoms with Crippen molar-refractivity contribution in [2.75, 3.05) is 4.90 Å². The Morgan fingerprint density at radius 2 is 1.70 bits per heavy atom. The van der Waals surface area contributed by atoms with E-state index in [0.717, 1.165) is 4.90 Å². The minimum Gasteiger partial charge on any atom is -0.457 e. The maximum atomic E-state index is 12.7. The maximum absolute atomic E-state index is 12.7. The van der Waals surface area contributed by atoms with E-state index in [9.17, 15) is 14.4 Å². The summed E-state index contributed by atoms with van der Waals surface area (Å²) in [7, 11) is 0. The van der Waals surface area contributed by atoms with Crippen LogP contribution in [0.3, 0.4) is 0 Å². The number of aromatic nitrogens is 1. The predicted molar refractivity (Wildman–Crippen MR) is 109 cm³/mol. The number of carbonyl (C=O) groups is 3. The van der Waals surface area contributed by atoms with Gasteiger partial charge in [0.05, 0.1) is 17.7 Å². The third kappa shape index (κ3) is 4.18. The van der Waals surface area contributed by atoms with Gasteiger partial charge in [0, 0.05) is 12.4 Å². The van der Waals surface area contributed by atoms with Gasteiger partial charge in [0.15, 0.2) is 0 Å². The molecule has 1 aliphatic rings. The molecule has 2 N–H and O–H groups in total. The van der Waals surface area contributed by atoms with Gasteiger partial charge in [-0.25, -0.2) is 10.3 Å². The van der Waals surface area contributed by atoms with Crippen LogP contribution >= 0.6 is 0 Å². The predicted octanol–water partition coefficient (Wildman–Crippen LogP) is 2.44. The lowest BCUT2D eigenvalue weighted by Crippen LogP contribution is -2.48. The summed E-state index contributed by atoms with van der Waals surface area (Å²) in [4.78, 5) is 42.1. The standard InChI is InChI=1S/C22H18N4O4/c27-20-13-19(24-25-21(28)15-5-4-12-23-14-15)22(29)26(20)16-8-10-18(11-9-16)30-17-6-2-1-3-7-17/h1-12,14,19,24H,13H2,(H,25,28)/t19-/m1/s1. The molecular weight excluding hydrogens is 384 g/mol. The first kappa shape index (κ1) is 19.3. The fraction of sp³-hybridized carbons (Fsp3) is 0.0909. The van der Waals surface area contributed by atoms with Crippen LogP contribution in [0.5, 0.6) is 11.5 Å². The van der Waals surface area contributed by atoms with Crippen LogP contribution in [0, 0.1) is 0 Å². The zero-order valence-corrected chi connectivity index (χ0v) is 15.8. The number of imide groups is 1. The van der Waals surface area contributed by atoms with Gasteiger partial charge in [0.25, 0.3) is 11.8 Å². The molecule has 30 heavy (non-hydrogen) atoms. The molecule has 3 aromatic rings. The molecule has 3 amide bonds. The van der Waals surface area contributed by atoms with Crippen LogP contribution in [-0.4, -0.2) is 28.7 Å². The fourth-order valence-electron chi connectivity index (χ4n) is 3.03. The highest BCUT2D eigenvalue weighted by atomic mass is 16.5. The Hall–Kier alpha value is -4.04. The van der Waals surface area contributed by atoms with E-state index >= 15 is 0 Å². The highest BCUT2D eigenvalue weighted by Crippen LogP contribution is 2.27. The van der Waals surface area contributed by atoms with Crippen molar-refractivity contribution in [3.05, 3.63) is 84.7 Å². The van der Waals surface area contributed by atoms with Gasteiger partial charge >= 0.3 is 0 Å². The van der Waals surface area contributed by atoms with E-state index in [-0.39, 0.29) is 12.3 Å². The zero-order valence-electron chi connectivity index (χ0n) is 15.8. The molecule has 1 aliphatic heterocycles. The molecule has 150 valence electrons. The van der Waals surface area contributed by atoms with Crippen molar-refractivity contribution in [2.45, 2.75) is 12.5 Å². The number of hydrogen-bond donors (Lipinski definition) is 2. The lowest BCUT2D eigenvalue weighted by atomic mass is 10.2. The second-order valence-corrected chi connectivity index (χ2v) is 6.57. The van der Waals surface area contributed by atoms with Crippen molar-refractivity contribution >= 4 is 23.4 Å². The second kappa shape index (κ2) is 8.54. The van der Waals surface area contributed by atoms with Crippen LogP contribution < -0.4 is 20.5 Å². The molecule has 0 bridgehead atoms. The van der Waals surface area contributed by atoms with Crippen molar-refractivity contribution in [3.8, 4) is 11.5 Å². The average Bonchev–Trinajstić information content (AvgIpc) is 3.07. The smallest absolute Gasteiger partial charge is 0.266 e. The number of ether oxygens (including phenoxy) is 1. The second-order valence-electron chi connectivity index (χ2n) is 6.57. The quantitative estimate of drug-likeness (QED) is 0.485. The minimum absolute atomic E-state index is 0.0611. The topological polar surface area (TPSA) is 101 Å². The fourth-order valence-corrected chi connectivity index (χ4v) is 3.03. The minimum atomic E-state index is -0.849. The van der Waals surface area contributed by atoms with E-state index in [1.54, 1.807) is 42.6 Å². The lowest BCUT2D eigenvalue weighted by molar-refractivity contribution is -0.121. The Balaban J connectivity index is 1.39. The number of benzene rings is 2. The van der Waals surface area contributed by atoms with E-state index in [4.69, 9.17) is 4.74 Å². The van der Waals surface area contributed by atoms with E-state index in [1.165, 1.54) is 6.20 Å². The Kier molecular flexibility index (Phi) is 5.49. The van der Waals surface area contributed by atoms with Gasteiger partial charge in [-0.05, 0) is 48.5 Å². The van der Waals surface area contributed by atoms with Gasteiger partial charge in [-0.2, -0.15) is 0 Å². The highest BCUT2D eigenvalue weighted by Gasteiger charge is 2.39. The van der Waals surface area contributed by atoms with Crippen molar-refractivity contribution < 1.29 is 19.1 Å². The van der Waals surface area contributed by atoms with Crippen LogP contribution in [0.25, 0.3) is 0 Å². The molecule has 2 aromatic carbocycles. The van der Waals surface area contributed by atoms with Gasteiger partial charge in [0.1, 0.15) is 17.5 Å². The molecule has 0 aliphatic carbocycles. The molecule has 0 unspecified atom stereocenters. The van der Waals surface area contributed by atoms with Crippen molar-refractivity contribution in [1.29, 1.82) is 0 Å². The molecule has 1 fully saturated rings. The summed E-state index contributed by atoms with van der Waals surface area (Å²) in [5.74, 6) is 0.0342. The largest absolute Gasteiger partial charge is 0.457 e. The normalized spacial score (nSPS) is 15.9. The van der Waals surface area contributed by atoms with Gasteiger partial charge in [-0.15, -0.1) is 0 Å². The van der Waals surface area contributed by atoms with Gasteiger partial charge in [0.2, 0.25) is 5.91 Å². The Labute approximate surface area is 172 Å². The molecule has 0 radical (unpaired) electrons. The summed E-state index contributed by atoms with van der Waals surface area (Å²) in [6.07, 6.45) is 2.90. The zero-order chi connectivity index (χ0) is 20.9. The molecule has 4 rings (SSSR count). The first-order valence-corrected chi connectivity index (χ1v) is 9.27. The Bertz CT molecular complexity index is 1060. The number of rotatable bonds is 6. The molecule has 1 aromatic heterocycles. The first-order valence-electron chi connectivity index (χ1n) is 9.27. The average molecular weight is 402 g/mol. The third-order valence-electron chi connectivity index (χ3n) is 4.50. The van der Waals surface area contributed by atoms with Crippen LogP contribution in [0.15, 0.2) is 79.1 Å². The molecule has 2 heterocycles. The number of pyridine rings is 1. The molecule has 1 atom stereocenters. The number of hydrazine groups is 1. The van der Waals surface area contributed by atoms with Gasteiger partial charge in [-0.3, -0.25) is 24.8 Å². The van der Waals surface area contributed by atoms with Gasteiger partial charge < -0.3 is 4.74 Å². The van der Waals surface area contributed by atoms with Crippen molar-refractivity contribution in [2.24, 2.45) is 0 Å². The number of para-hydroxylation sites is 1. The van der Waals surface area contributed by atoms with E-state index in [1.807, 2.05) is 30.3 Å². The van der Waals surface area contributed by atoms with Gasteiger partial charge in [-0.1, -0.05) is 18.2 Å². The molecule has 8 heteroatoms. The van der Waals surface area contributed by atoms with Crippen LogP contribution in [0.2, 0.25) is 0 Å². The van der Waals surface area contributed by atoms with Crippen molar-refractivity contribution in [1.82, 2.24) is 15.8 Å². The number of amides is 3. The summed E-state index contributed by atoms with van der Waals surface area (Å²) in [6.45, 7) is 0. The molecule has 1 saturated heterocycles. The Morgan fingerprint density at radius 3 is 2.40 bits per heavy atom. The molecule has 0 spiro atoms. The number of nitrogens with one attached hydrogen (secondary N) is 2. The van der Waals surface area contributed by atoms with Crippen molar-refractivity contribution in [3.63, 3.8) is 0 Å². The number of nitrogens with zero attached hydrogens (tertiary/aromatic N) is 2. The SMILES string of the molecule is O=C(NN[C@@H]1CC(=O)N(c2ccc(Oc3ccccc3)cc2)C1=O)c1cccnc1. The summed E-state index contributed by atoms with van der Waals surface area (Å²) in [5.41, 5.74) is 5.87. The van der Waals surface area contributed by atoms with E-state index in [0.29, 0.717) is 22.7 Å². The van der Waals surface area contributed by atoms with E-state index in [2.05, 4.69) is 15.8 Å². The molecule has 8 nitrogen and oxygen atoms in total. The number of hydrogen-bond acceptors (Lipinski definition) is 6. The lowest BCUT2D eigenvalue weighted by Gasteiger charge is -2.16. The maximum Gasteiger partial charge on any atom is 0.266 e. The number of carbonyl (C=O) groups excluding carboxylic acids is 3. The van der Waals surface area contributed by atoms with Crippen LogP contribution in [0.1, 0.15) is 16.8 Å². The highest BCUT2D eigenvalue weighted by molar-refractivity contribution is 6.22. The summed E-state index contributed by atoms with van der Waals surface area (Å²) >= 11 is 0. The monoisotopic (exact) mass is 402 g/mol. The summed E-state index contributed by atoms with van der Waals surface area (Å²) in [5, 5.41) is 0. The first-order chi connectivity index (χ1) is 14.6. The van der Waals surface area contributed by atoms with Crippen LogP contribution in [0.4, 0.5) is 5.69 Å². The Morgan fingerprint density at radius 1 is 0.967 bits per heavy atom. The summed E-state index contributed by atoms with van der Waals surface area (Å²) in [6, 6.07) is 18.3. The van der Waals surface area contributed by atoms with Crippen LogP contribution in [-0.2, 0) is 9.59 Å². The molecular formula is C22H18N4O4. The summed E-state index contributed by atoms with van der Waals surface area (Å²) < 4.78 is 5.72. The number of anilines is 1. The third-order valence-corrected chi connectivity index (χ3v) is 4.50.